The Labute approximate surface area is 126 Å². The number of nitrogens with one attached hydrogen (secondary N) is 1. The van der Waals surface area contributed by atoms with Gasteiger partial charge in [0.25, 0.3) is 5.91 Å². The van der Waals surface area contributed by atoms with Crippen LogP contribution in [0.5, 0.6) is 0 Å². The summed E-state index contributed by atoms with van der Waals surface area (Å²) in [6, 6.07) is 1.75. The zero-order valence-corrected chi connectivity index (χ0v) is 13.6. The van der Waals surface area contributed by atoms with Crippen LogP contribution in [0.25, 0.3) is 0 Å². The number of piperazine rings is 1. The molecular formula is C15H25N5O. The molecular weight excluding hydrogens is 266 g/mol. The number of aryl methyl sites for hydroxylation is 1. The molecule has 6 nitrogen and oxygen atoms in total. The number of hydrogen-bond acceptors (Lipinski definition) is 5. The fourth-order valence-electron chi connectivity index (χ4n) is 2.30. The molecule has 1 aromatic heterocycles. The molecule has 0 aromatic carbocycles. The average Bonchev–Trinajstić information content (AvgIpc) is 2.36. The first-order chi connectivity index (χ1) is 9.74. The van der Waals surface area contributed by atoms with Crippen LogP contribution in [0.1, 0.15) is 37.1 Å². The first-order valence-electron chi connectivity index (χ1n) is 7.36. The van der Waals surface area contributed by atoms with Crippen LogP contribution < -0.4 is 5.32 Å². The minimum Gasteiger partial charge on any atom is -0.365 e. The molecule has 6 heteroatoms. The molecule has 1 N–H and O–H groups in total. The molecule has 2 heterocycles. The van der Waals surface area contributed by atoms with Gasteiger partial charge in [0, 0.05) is 37.8 Å². The van der Waals surface area contributed by atoms with Crippen LogP contribution in [0, 0.1) is 6.92 Å². The summed E-state index contributed by atoms with van der Waals surface area (Å²) in [7, 11) is 2.07. The van der Waals surface area contributed by atoms with Crippen LogP contribution >= 0.6 is 0 Å². The Kier molecular flexibility index (Phi) is 4.46. The second-order valence-corrected chi connectivity index (χ2v) is 6.66. The van der Waals surface area contributed by atoms with Crippen molar-refractivity contribution in [3.05, 3.63) is 17.6 Å². The number of rotatable bonds is 2. The maximum absolute atomic E-state index is 12.6. The largest absolute Gasteiger partial charge is 0.365 e. The van der Waals surface area contributed by atoms with Gasteiger partial charge in [-0.25, -0.2) is 9.97 Å². The number of carbonyl (C=O) groups is 1. The summed E-state index contributed by atoms with van der Waals surface area (Å²) in [5.41, 5.74) is 0.369. The third-order valence-electron chi connectivity index (χ3n) is 3.35. The van der Waals surface area contributed by atoms with Crippen molar-refractivity contribution in [2.24, 2.45) is 0 Å². The van der Waals surface area contributed by atoms with Gasteiger partial charge in [0.05, 0.1) is 0 Å². The minimum atomic E-state index is -0.102. The third kappa shape index (κ3) is 4.39. The molecule has 1 aliphatic rings. The quantitative estimate of drug-likeness (QED) is 0.892. The summed E-state index contributed by atoms with van der Waals surface area (Å²) in [5, 5.41) is 3.30. The molecule has 1 fully saturated rings. The van der Waals surface area contributed by atoms with Crippen LogP contribution in [0.4, 0.5) is 5.82 Å². The summed E-state index contributed by atoms with van der Waals surface area (Å²) in [6.07, 6.45) is 0. The van der Waals surface area contributed by atoms with Crippen LogP contribution in [0.15, 0.2) is 6.07 Å². The lowest BCUT2D eigenvalue weighted by atomic mass is 10.1. The molecule has 21 heavy (non-hydrogen) atoms. The lowest BCUT2D eigenvalue weighted by Gasteiger charge is -2.32. The molecule has 1 aromatic rings. The molecule has 0 unspecified atom stereocenters. The Morgan fingerprint density at radius 3 is 2.38 bits per heavy atom. The fraction of sp³-hybridized carbons (Fsp3) is 0.667. The van der Waals surface area contributed by atoms with Crippen molar-refractivity contribution in [1.82, 2.24) is 19.8 Å². The molecule has 0 radical (unpaired) electrons. The molecule has 0 atom stereocenters. The van der Waals surface area contributed by atoms with Crippen molar-refractivity contribution >= 4 is 11.7 Å². The Hall–Kier alpha value is -1.69. The van der Waals surface area contributed by atoms with E-state index in [9.17, 15) is 4.79 Å². The van der Waals surface area contributed by atoms with E-state index in [1.54, 1.807) is 6.07 Å². The average molecular weight is 291 g/mol. The number of nitrogens with zero attached hydrogens (tertiary/aromatic N) is 4. The zero-order chi connectivity index (χ0) is 15.6. The lowest BCUT2D eigenvalue weighted by Crippen LogP contribution is -2.47. The second kappa shape index (κ2) is 5.97. The molecule has 0 bridgehead atoms. The van der Waals surface area contributed by atoms with E-state index >= 15 is 0 Å². The summed E-state index contributed by atoms with van der Waals surface area (Å²) < 4.78 is 0. The van der Waals surface area contributed by atoms with Gasteiger partial charge in [-0.2, -0.15) is 0 Å². The molecule has 0 saturated carbocycles. The van der Waals surface area contributed by atoms with Gasteiger partial charge in [0.15, 0.2) is 0 Å². The molecule has 2 rings (SSSR count). The van der Waals surface area contributed by atoms with Gasteiger partial charge in [-0.3, -0.25) is 4.79 Å². The van der Waals surface area contributed by atoms with Gasteiger partial charge in [-0.15, -0.1) is 0 Å². The van der Waals surface area contributed by atoms with Gasteiger partial charge in [-0.1, -0.05) is 0 Å². The summed E-state index contributed by atoms with van der Waals surface area (Å²) >= 11 is 0. The summed E-state index contributed by atoms with van der Waals surface area (Å²) in [4.78, 5) is 25.3. The van der Waals surface area contributed by atoms with Gasteiger partial charge in [0.2, 0.25) is 0 Å². The highest BCUT2D eigenvalue weighted by molar-refractivity contribution is 5.93. The second-order valence-electron chi connectivity index (χ2n) is 6.66. The van der Waals surface area contributed by atoms with E-state index < -0.39 is 0 Å². The van der Waals surface area contributed by atoms with E-state index in [0.717, 1.165) is 26.2 Å². The summed E-state index contributed by atoms with van der Waals surface area (Å²) in [5.74, 6) is 1.31. The predicted octanol–water partition coefficient (Wildman–Crippen LogP) is 1.38. The number of hydrogen-bond donors (Lipinski definition) is 1. The third-order valence-corrected chi connectivity index (χ3v) is 3.35. The van der Waals surface area contributed by atoms with Crippen molar-refractivity contribution in [2.45, 2.75) is 33.2 Å². The van der Waals surface area contributed by atoms with Crippen molar-refractivity contribution in [1.29, 1.82) is 0 Å². The smallest absolute Gasteiger partial charge is 0.272 e. The highest BCUT2D eigenvalue weighted by Crippen LogP contribution is 2.15. The highest BCUT2D eigenvalue weighted by atomic mass is 16.2. The van der Waals surface area contributed by atoms with E-state index in [1.807, 2.05) is 11.8 Å². The number of likely N-dealkylation sites (N-methyl/N-ethyl adjacent to an activating group) is 1. The maximum atomic E-state index is 12.6. The summed E-state index contributed by atoms with van der Waals surface area (Å²) in [6.45, 7) is 11.3. The number of carbonyl (C=O) groups excluding carboxylic acids is 1. The topological polar surface area (TPSA) is 61.4 Å². The van der Waals surface area contributed by atoms with E-state index in [0.29, 0.717) is 17.3 Å². The molecule has 0 spiro atoms. The first-order valence-corrected chi connectivity index (χ1v) is 7.36. The van der Waals surface area contributed by atoms with Gasteiger partial charge in [-0.05, 0) is 34.7 Å². The Balaban J connectivity index is 2.17. The van der Waals surface area contributed by atoms with Crippen LogP contribution in [0.3, 0.4) is 0 Å². The Morgan fingerprint density at radius 1 is 1.19 bits per heavy atom. The van der Waals surface area contributed by atoms with Crippen molar-refractivity contribution < 1.29 is 4.79 Å². The molecule has 1 amide bonds. The van der Waals surface area contributed by atoms with E-state index in [4.69, 9.17) is 0 Å². The Bertz CT molecular complexity index is 515. The van der Waals surface area contributed by atoms with Gasteiger partial charge < -0.3 is 15.1 Å². The highest BCUT2D eigenvalue weighted by Gasteiger charge is 2.22. The zero-order valence-electron chi connectivity index (χ0n) is 13.6. The normalized spacial score (nSPS) is 16.9. The number of amides is 1. The van der Waals surface area contributed by atoms with E-state index in [2.05, 4.69) is 48.0 Å². The van der Waals surface area contributed by atoms with E-state index in [1.165, 1.54) is 0 Å². The Morgan fingerprint density at radius 2 is 1.81 bits per heavy atom. The van der Waals surface area contributed by atoms with E-state index in [-0.39, 0.29) is 11.4 Å². The van der Waals surface area contributed by atoms with Crippen LogP contribution in [-0.4, -0.2) is 64.4 Å². The predicted molar refractivity (Wildman–Crippen MR) is 83.5 cm³/mol. The molecule has 116 valence electrons. The van der Waals surface area contributed by atoms with Crippen molar-refractivity contribution in [2.75, 3.05) is 38.5 Å². The van der Waals surface area contributed by atoms with Crippen LogP contribution in [0.2, 0.25) is 0 Å². The molecule has 1 aliphatic heterocycles. The fourth-order valence-corrected chi connectivity index (χ4v) is 2.30. The SMILES string of the molecule is Cc1nc(NC(C)(C)C)cc(C(=O)N2CCN(C)CC2)n1. The number of aromatic nitrogens is 2. The monoisotopic (exact) mass is 291 g/mol. The minimum absolute atomic E-state index is 0.00874. The first kappa shape index (κ1) is 15.7. The van der Waals surface area contributed by atoms with Crippen LogP contribution in [-0.2, 0) is 0 Å². The van der Waals surface area contributed by atoms with Crippen molar-refractivity contribution in [3.8, 4) is 0 Å². The van der Waals surface area contributed by atoms with Crippen molar-refractivity contribution in [3.63, 3.8) is 0 Å². The maximum Gasteiger partial charge on any atom is 0.272 e. The van der Waals surface area contributed by atoms with Gasteiger partial charge in [0.1, 0.15) is 17.3 Å². The molecule has 1 saturated heterocycles. The lowest BCUT2D eigenvalue weighted by molar-refractivity contribution is 0.0658. The standard InChI is InChI=1S/C15H25N5O/c1-11-16-12(10-13(17-11)18-15(2,3)4)14(21)20-8-6-19(5)7-9-20/h10H,6-9H2,1-5H3,(H,16,17,18). The molecule has 0 aliphatic carbocycles. The number of anilines is 1. The van der Waals surface area contributed by atoms with Gasteiger partial charge >= 0.3 is 0 Å².